The summed E-state index contributed by atoms with van der Waals surface area (Å²) in [6.07, 6.45) is -0.0831. The van der Waals surface area contributed by atoms with Crippen LogP contribution in [0.15, 0.2) is 61.2 Å². The Morgan fingerprint density at radius 1 is 1.15 bits per heavy atom. The lowest BCUT2D eigenvalue weighted by molar-refractivity contribution is -0.144. The molecule has 0 spiro atoms. The van der Waals surface area contributed by atoms with Crippen LogP contribution in [-0.4, -0.2) is 41.9 Å². The van der Waals surface area contributed by atoms with Crippen molar-refractivity contribution >= 4 is 29.5 Å². The molecule has 2 aromatic carbocycles. The van der Waals surface area contributed by atoms with E-state index < -0.39 is 41.9 Å². The zero-order valence-corrected chi connectivity index (χ0v) is 19.2. The molecular weight excluding hydrogens is 436 g/mol. The third-order valence-corrected chi connectivity index (χ3v) is 5.62. The van der Waals surface area contributed by atoms with Gasteiger partial charge in [-0.05, 0) is 30.5 Å². The highest BCUT2D eigenvalue weighted by molar-refractivity contribution is 6.09. The van der Waals surface area contributed by atoms with Gasteiger partial charge in [0.1, 0.15) is 12.1 Å². The third kappa shape index (κ3) is 5.25. The van der Waals surface area contributed by atoms with Crippen molar-refractivity contribution in [3.63, 3.8) is 0 Å². The summed E-state index contributed by atoms with van der Waals surface area (Å²) in [5, 5.41) is 5.40. The second-order valence-corrected chi connectivity index (χ2v) is 8.09. The van der Waals surface area contributed by atoms with Crippen molar-refractivity contribution in [1.29, 1.82) is 0 Å². The largest absolute Gasteiger partial charge is 0.466 e. The maximum atomic E-state index is 13.2. The zero-order chi connectivity index (χ0) is 24.9. The Morgan fingerprint density at radius 2 is 1.79 bits per heavy atom. The topological polar surface area (TPSA) is 131 Å². The minimum atomic E-state index is -1.34. The summed E-state index contributed by atoms with van der Waals surface area (Å²) in [5.74, 6) is -1.61. The molecule has 9 nitrogen and oxygen atoms in total. The van der Waals surface area contributed by atoms with Gasteiger partial charge >= 0.3 is 12.0 Å². The van der Waals surface area contributed by atoms with E-state index in [1.54, 1.807) is 62.4 Å². The molecular formula is C25H28N4O5. The van der Waals surface area contributed by atoms with E-state index in [-0.39, 0.29) is 13.0 Å². The number of hydrogen-bond donors (Lipinski definition) is 3. The number of imide groups is 1. The Balaban J connectivity index is 1.74. The predicted molar refractivity (Wildman–Crippen MR) is 126 cm³/mol. The molecule has 178 valence electrons. The third-order valence-electron chi connectivity index (χ3n) is 5.62. The molecule has 4 amide bonds. The maximum Gasteiger partial charge on any atom is 0.325 e. The second-order valence-electron chi connectivity index (χ2n) is 8.09. The van der Waals surface area contributed by atoms with Gasteiger partial charge in [0.05, 0.1) is 19.1 Å². The first-order chi connectivity index (χ1) is 16.2. The van der Waals surface area contributed by atoms with Crippen molar-refractivity contribution in [2.75, 3.05) is 13.2 Å². The highest BCUT2D eigenvalue weighted by Crippen LogP contribution is 2.29. The number of benzene rings is 2. The fourth-order valence-electron chi connectivity index (χ4n) is 3.76. The van der Waals surface area contributed by atoms with Gasteiger partial charge in [-0.15, -0.1) is 0 Å². The molecule has 0 bridgehead atoms. The lowest BCUT2D eigenvalue weighted by Gasteiger charge is -2.23. The SMILES string of the molecule is C=C(N)c1ccc([C@]2(C)NC(=O)N(CC(=O)N[C@@H](CC(=O)OCC)c3ccccc3)C2=O)cc1. The Kier molecular flexibility index (Phi) is 7.35. The van der Waals surface area contributed by atoms with E-state index in [0.717, 1.165) is 4.90 Å². The van der Waals surface area contributed by atoms with Gasteiger partial charge in [-0.1, -0.05) is 61.2 Å². The maximum absolute atomic E-state index is 13.2. The van der Waals surface area contributed by atoms with E-state index in [0.29, 0.717) is 22.4 Å². The monoisotopic (exact) mass is 464 g/mol. The summed E-state index contributed by atoms with van der Waals surface area (Å²) < 4.78 is 5.01. The molecule has 1 aliphatic rings. The van der Waals surface area contributed by atoms with Gasteiger partial charge in [-0.3, -0.25) is 19.3 Å². The van der Waals surface area contributed by atoms with E-state index >= 15 is 0 Å². The number of urea groups is 1. The van der Waals surface area contributed by atoms with Gasteiger partial charge in [-0.25, -0.2) is 4.79 Å². The van der Waals surface area contributed by atoms with E-state index in [1.807, 2.05) is 6.07 Å². The van der Waals surface area contributed by atoms with Crippen molar-refractivity contribution in [2.45, 2.75) is 31.8 Å². The van der Waals surface area contributed by atoms with Crippen molar-refractivity contribution in [3.05, 3.63) is 77.9 Å². The lowest BCUT2D eigenvalue weighted by Crippen LogP contribution is -2.44. The van der Waals surface area contributed by atoms with E-state index in [9.17, 15) is 19.2 Å². The predicted octanol–water partition coefficient (Wildman–Crippen LogP) is 2.19. The molecule has 2 atom stereocenters. The van der Waals surface area contributed by atoms with Gasteiger partial charge in [0.25, 0.3) is 5.91 Å². The Labute approximate surface area is 197 Å². The van der Waals surface area contributed by atoms with Crippen molar-refractivity contribution in [3.8, 4) is 0 Å². The summed E-state index contributed by atoms with van der Waals surface area (Å²) in [4.78, 5) is 51.5. The number of nitrogens with zero attached hydrogens (tertiary/aromatic N) is 1. The molecule has 4 N–H and O–H groups in total. The summed E-state index contributed by atoms with van der Waals surface area (Å²) in [6.45, 7) is 6.67. The number of carbonyl (C=O) groups is 4. The van der Waals surface area contributed by atoms with Gasteiger partial charge in [0.2, 0.25) is 5.91 Å². The summed E-state index contributed by atoms with van der Waals surface area (Å²) >= 11 is 0. The number of ether oxygens (including phenoxy) is 1. The van der Waals surface area contributed by atoms with Crippen LogP contribution >= 0.6 is 0 Å². The average molecular weight is 465 g/mol. The minimum absolute atomic E-state index is 0.0831. The van der Waals surface area contributed by atoms with Crippen LogP contribution in [0.3, 0.4) is 0 Å². The van der Waals surface area contributed by atoms with Crippen LogP contribution in [0, 0.1) is 0 Å². The fraction of sp³-hybridized carbons (Fsp3) is 0.280. The molecule has 0 saturated carbocycles. The van der Waals surface area contributed by atoms with Crippen LogP contribution in [-0.2, 0) is 24.7 Å². The Bertz CT molecular complexity index is 1100. The van der Waals surface area contributed by atoms with E-state index in [1.165, 1.54) is 0 Å². The summed E-state index contributed by atoms with van der Waals surface area (Å²) in [5.41, 5.74) is 6.69. The number of amides is 4. The Morgan fingerprint density at radius 3 is 2.38 bits per heavy atom. The lowest BCUT2D eigenvalue weighted by atomic mass is 9.91. The molecule has 0 aliphatic carbocycles. The summed E-state index contributed by atoms with van der Waals surface area (Å²) in [7, 11) is 0. The van der Waals surface area contributed by atoms with Gasteiger partial charge in [0.15, 0.2) is 0 Å². The number of carbonyl (C=O) groups excluding carboxylic acids is 4. The number of hydrogen-bond acceptors (Lipinski definition) is 6. The summed E-state index contributed by atoms with van der Waals surface area (Å²) in [6, 6.07) is 14.4. The number of nitrogens with one attached hydrogen (secondary N) is 2. The molecule has 9 heteroatoms. The first kappa shape index (κ1) is 24.5. The van der Waals surface area contributed by atoms with Crippen molar-refractivity contribution < 1.29 is 23.9 Å². The molecule has 2 aromatic rings. The zero-order valence-electron chi connectivity index (χ0n) is 19.2. The molecule has 1 heterocycles. The van der Waals surface area contributed by atoms with Gasteiger partial charge in [-0.2, -0.15) is 0 Å². The van der Waals surface area contributed by atoms with E-state index in [4.69, 9.17) is 10.5 Å². The number of rotatable bonds is 9. The van der Waals surface area contributed by atoms with Crippen LogP contribution in [0.4, 0.5) is 4.79 Å². The van der Waals surface area contributed by atoms with Gasteiger partial charge in [0, 0.05) is 5.70 Å². The molecule has 3 rings (SSSR count). The number of esters is 1. The quantitative estimate of drug-likeness (QED) is 0.385. The standard InChI is InChI=1S/C25H28N4O5/c1-4-34-22(31)14-20(18-8-6-5-7-9-18)27-21(30)15-29-23(32)25(3,28-24(29)33)19-12-10-17(11-13-19)16(2)26/h5-13,20H,2,4,14-15,26H2,1,3H3,(H,27,30)(H,28,33)/t20-,25-/m0/s1. The number of nitrogens with two attached hydrogens (primary N) is 1. The van der Waals surface area contributed by atoms with Crippen LogP contribution in [0.2, 0.25) is 0 Å². The van der Waals surface area contributed by atoms with Crippen LogP contribution in [0.5, 0.6) is 0 Å². The second kappa shape index (κ2) is 10.2. The van der Waals surface area contributed by atoms with Crippen LogP contribution in [0.1, 0.15) is 43.0 Å². The smallest absolute Gasteiger partial charge is 0.325 e. The van der Waals surface area contributed by atoms with E-state index in [2.05, 4.69) is 17.2 Å². The van der Waals surface area contributed by atoms with Crippen molar-refractivity contribution in [1.82, 2.24) is 15.5 Å². The molecule has 0 radical (unpaired) electrons. The molecule has 0 aromatic heterocycles. The minimum Gasteiger partial charge on any atom is -0.466 e. The normalized spacial score (nSPS) is 18.2. The molecule has 1 saturated heterocycles. The van der Waals surface area contributed by atoms with Crippen LogP contribution < -0.4 is 16.4 Å². The molecule has 0 unspecified atom stereocenters. The first-order valence-corrected chi connectivity index (χ1v) is 10.8. The highest BCUT2D eigenvalue weighted by atomic mass is 16.5. The fourth-order valence-corrected chi connectivity index (χ4v) is 3.76. The highest BCUT2D eigenvalue weighted by Gasteiger charge is 2.49. The van der Waals surface area contributed by atoms with Gasteiger partial charge < -0.3 is 21.1 Å². The van der Waals surface area contributed by atoms with Crippen LogP contribution in [0.25, 0.3) is 5.70 Å². The van der Waals surface area contributed by atoms with Crippen molar-refractivity contribution in [2.24, 2.45) is 5.73 Å². The molecule has 1 fully saturated rings. The average Bonchev–Trinajstić information content (AvgIpc) is 3.03. The molecule has 1 aliphatic heterocycles. The first-order valence-electron chi connectivity index (χ1n) is 10.8. The Hall–Kier alpha value is -4.14. The molecule has 34 heavy (non-hydrogen) atoms.